The van der Waals surface area contributed by atoms with Crippen molar-refractivity contribution in [3.05, 3.63) is 71.8 Å². The summed E-state index contributed by atoms with van der Waals surface area (Å²) in [5.74, 6) is 0. The maximum Gasteiger partial charge on any atom is 0.0277 e. The molecule has 0 saturated carbocycles. The van der Waals surface area contributed by atoms with Crippen molar-refractivity contribution in [2.75, 3.05) is 0 Å². The zero-order valence-electron chi connectivity index (χ0n) is 9.14. The molecule has 0 saturated heterocycles. The van der Waals surface area contributed by atoms with Crippen LogP contribution >= 0.6 is 18.5 Å². The van der Waals surface area contributed by atoms with Crippen LogP contribution in [0.15, 0.2) is 60.7 Å². The van der Waals surface area contributed by atoms with Crippen molar-refractivity contribution in [2.45, 2.75) is 11.3 Å². The molecule has 0 aliphatic carbocycles. The van der Waals surface area contributed by atoms with Gasteiger partial charge in [-0.25, -0.2) is 0 Å². The molecule has 0 N–H and O–H groups in total. The van der Waals surface area contributed by atoms with E-state index in [-0.39, 0.29) is 4.90 Å². The van der Waals surface area contributed by atoms with Gasteiger partial charge in [-0.15, -0.1) is 18.5 Å². The highest BCUT2D eigenvalue weighted by Gasteiger charge is 2.20. The lowest BCUT2D eigenvalue weighted by atomic mass is 10.0. The Morgan fingerprint density at radius 3 is 1.81 bits per heavy atom. The molecule has 0 amide bonds. The largest absolute Gasteiger partial charge is 0.122 e. The van der Waals surface area contributed by atoms with Gasteiger partial charge in [-0.3, -0.25) is 0 Å². The molecule has 0 fully saturated rings. The second-order valence-corrected chi connectivity index (χ2v) is 6.80. The number of hydrogen-bond acceptors (Lipinski definition) is 0. The van der Waals surface area contributed by atoms with Gasteiger partial charge < -0.3 is 0 Å². The fourth-order valence-corrected chi connectivity index (χ4v) is 2.64. The third-order valence-electron chi connectivity index (χ3n) is 2.65. The van der Waals surface area contributed by atoms with Crippen LogP contribution in [0.5, 0.6) is 0 Å². The average Bonchev–Trinajstić information content (AvgIpc) is 2.31. The summed E-state index contributed by atoms with van der Waals surface area (Å²) in [6.45, 7) is 0. The molecule has 0 aliphatic rings. The Bertz CT molecular complexity index is 435. The van der Waals surface area contributed by atoms with Gasteiger partial charge in [0.05, 0.1) is 0 Å². The fourth-order valence-electron chi connectivity index (χ4n) is 1.78. The zero-order chi connectivity index (χ0) is 11.4. The van der Waals surface area contributed by atoms with Gasteiger partial charge >= 0.3 is 0 Å². The smallest absolute Gasteiger partial charge is 0.0277 e. The molecule has 16 heavy (non-hydrogen) atoms. The summed E-state index contributed by atoms with van der Waals surface area (Å²) < 4.78 is 0. The lowest BCUT2D eigenvalue weighted by Crippen LogP contribution is -2.12. The first-order chi connectivity index (χ1) is 7.68. The highest BCUT2D eigenvalue weighted by atomic mass is 31.1. The monoisotopic (exact) mass is 246 g/mol. The zero-order valence-corrected chi connectivity index (χ0v) is 11.4. The molecular weight excluding hydrogens is 230 g/mol. The predicted octanol–water partition coefficient (Wildman–Crippen LogP) is 3.83. The highest BCUT2D eigenvalue weighted by Crippen LogP contribution is 2.41. The Kier molecular flexibility index (Phi) is 3.74. The Hall–Kier alpha value is -0.700. The van der Waals surface area contributed by atoms with Crippen LogP contribution in [-0.2, 0) is 11.3 Å². The first-order valence-electron chi connectivity index (χ1n) is 5.36. The van der Waals surface area contributed by atoms with Crippen LogP contribution in [0, 0.1) is 0 Å². The van der Waals surface area contributed by atoms with Gasteiger partial charge in [0.25, 0.3) is 0 Å². The van der Waals surface area contributed by atoms with E-state index < -0.39 is 0 Å². The van der Waals surface area contributed by atoms with Crippen molar-refractivity contribution in [1.82, 2.24) is 0 Å². The topological polar surface area (TPSA) is 0 Å². The fraction of sp³-hybridized carbons (Fsp3) is 0.143. The van der Waals surface area contributed by atoms with Crippen molar-refractivity contribution < 1.29 is 0 Å². The van der Waals surface area contributed by atoms with Gasteiger partial charge in [-0.2, -0.15) is 0 Å². The second-order valence-electron chi connectivity index (χ2n) is 4.07. The van der Waals surface area contributed by atoms with E-state index in [4.69, 9.17) is 0 Å². The molecular formula is C14H16P2. The number of rotatable bonds is 3. The van der Waals surface area contributed by atoms with Crippen LogP contribution in [-0.4, -0.2) is 0 Å². The van der Waals surface area contributed by atoms with Crippen LogP contribution in [0.2, 0.25) is 0 Å². The lowest BCUT2D eigenvalue weighted by molar-refractivity contribution is 0.866. The maximum absolute atomic E-state index is 2.94. The molecule has 2 atom stereocenters. The minimum atomic E-state index is 0.0304. The third kappa shape index (κ3) is 2.91. The average molecular weight is 246 g/mol. The maximum atomic E-state index is 2.94. The number of benzene rings is 2. The molecule has 2 unspecified atom stereocenters. The van der Waals surface area contributed by atoms with Gasteiger partial charge in [0.15, 0.2) is 0 Å². The molecule has 2 aromatic carbocycles. The molecule has 0 aromatic heterocycles. The van der Waals surface area contributed by atoms with Gasteiger partial charge in [-0.1, -0.05) is 60.7 Å². The van der Waals surface area contributed by atoms with Crippen molar-refractivity contribution in [2.24, 2.45) is 0 Å². The molecule has 2 aromatic rings. The summed E-state index contributed by atoms with van der Waals surface area (Å²) in [6.07, 6.45) is 1.01. The third-order valence-corrected chi connectivity index (χ3v) is 3.73. The molecule has 0 aliphatic heterocycles. The van der Waals surface area contributed by atoms with E-state index in [1.165, 1.54) is 11.1 Å². The summed E-state index contributed by atoms with van der Waals surface area (Å²) in [5.41, 5.74) is 2.69. The standard InChI is InChI=1S/C14H16P2/c15-14(16,13-9-5-2-6-10-13)11-12-7-3-1-4-8-12/h1-10H,11,15-16H2. The van der Waals surface area contributed by atoms with Crippen LogP contribution in [0.25, 0.3) is 0 Å². The first kappa shape index (κ1) is 11.8. The Balaban J connectivity index is 2.21. The molecule has 0 radical (unpaired) electrons. The van der Waals surface area contributed by atoms with Crippen LogP contribution in [0.4, 0.5) is 0 Å². The van der Waals surface area contributed by atoms with Crippen molar-refractivity contribution in [3.63, 3.8) is 0 Å². The number of hydrogen-bond donors (Lipinski definition) is 0. The molecule has 2 rings (SSSR count). The van der Waals surface area contributed by atoms with Gasteiger partial charge in [0.1, 0.15) is 0 Å². The van der Waals surface area contributed by atoms with Crippen molar-refractivity contribution in [1.29, 1.82) is 0 Å². The van der Waals surface area contributed by atoms with E-state index in [9.17, 15) is 0 Å². The summed E-state index contributed by atoms with van der Waals surface area (Å²) in [5, 5.41) is 0. The van der Waals surface area contributed by atoms with Crippen LogP contribution in [0.1, 0.15) is 11.1 Å². The Morgan fingerprint density at radius 1 is 0.750 bits per heavy atom. The normalized spacial score (nSPS) is 11.4. The lowest BCUT2D eigenvalue weighted by Gasteiger charge is -2.25. The quantitative estimate of drug-likeness (QED) is 0.722. The van der Waals surface area contributed by atoms with Crippen molar-refractivity contribution >= 4 is 18.5 Å². The summed E-state index contributed by atoms with van der Waals surface area (Å²) >= 11 is 0. The van der Waals surface area contributed by atoms with Gasteiger partial charge in [0.2, 0.25) is 0 Å². The SMILES string of the molecule is PC(P)(Cc1ccccc1)c1ccccc1. The molecule has 82 valence electrons. The van der Waals surface area contributed by atoms with Gasteiger partial charge in [0, 0.05) is 4.90 Å². The molecule has 2 heteroatoms. The highest BCUT2D eigenvalue weighted by molar-refractivity contribution is 7.39. The first-order valence-corrected chi connectivity index (χ1v) is 6.51. The second kappa shape index (κ2) is 5.09. The minimum Gasteiger partial charge on any atom is -0.122 e. The Morgan fingerprint density at radius 2 is 1.25 bits per heavy atom. The van der Waals surface area contributed by atoms with E-state index in [1.54, 1.807) is 0 Å². The van der Waals surface area contributed by atoms with Gasteiger partial charge in [-0.05, 0) is 17.5 Å². The summed E-state index contributed by atoms with van der Waals surface area (Å²) in [7, 11) is 5.88. The molecule has 0 spiro atoms. The molecule has 0 nitrogen and oxygen atoms in total. The molecule has 0 bridgehead atoms. The summed E-state index contributed by atoms with van der Waals surface area (Å²) in [6, 6.07) is 21.1. The van der Waals surface area contributed by atoms with E-state index in [1.807, 2.05) is 0 Å². The molecule has 0 heterocycles. The van der Waals surface area contributed by atoms with Crippen LogP contribution < -0.4 is 0 Å². The predicted molar refractivity (Wildman–Crippen MR) is 77.7 cm³/mol. The Labute approximate surface area is 102 Å². The van der Waals surface area contributed by atoms with Crippen molar-refractivity contribution in [3.8, 4) is 0 Å². The van der Waals surface area contributed by atoms with E-state index in [2.05, 4.69) is 79.1 Å². The van der Waals surface area contributed by atoms with E-state index >= 15 is 0 Å². The van der Waals surface area contributed by atoms with Crippen LogP contribution in [0.3, 0.4) is 0 Å². The van der Waals surface area contributed by atoms with E-state index in [0.717, 1.165) is 6.42 Å². The van der Waals surface area contributed by atoms with E-state index in [0.29, 0.717) is 0 Å². The minimum absolute atomic E-state index is 0.0304. The summed E-state index contributed by atoms with van der Waals surface area (Å²) in [4.78, 5) is 0.0304.